The van der Waals surface area contributed by atoms with E-state index in [0.29, 0.717) is 23.6 Å². The summed E-state index contributed by atoms with van der Waals surface area (Å²) in [7, 11) is 1.39. The van der Waals surface area contributed by atoms with Crippen LogP contribution in [0.3, 0.4) is 0 Å². The van der Waals surface area contributed by atoms with Crippen LogP contribution in [0.4, 0.5) is 0 Å². The molecule has 3 rings (SSSR count). The zero-order valence-corrected chi connectivity index (χ0v) is 16.2. The number of nitrogens with zero attached hydrogens (tertiary/aromatic N) is 1. The summed E-state index contributed by atoms with van der Waals surface area (Å²) in [5, 5.41) is 0. The molecule has 1 atom stereocenters. The number of fused-ring (bicyclic) bond motifs is 1. The van der Waals surface area contributed by atoms with E-state index in [1.165, 1.54) is 26.4 Å². The summed E-state index contributed by atoms with van der Waals surface area (Å²) in [5.41, 5.74) is 0.568. The van der Waals surface area contributed by atoms with Crippen LogP contribution in [0, 0.1) is 5.92 Å². The van der Waals surface area contributed by atoms with Gasteiger partial charge in [-0.1, -0.05) is 39.0 Å². The molecule has 0 saturated heterocycles. The zero-order chi connectivity index (χ0) is 19.2. The molecule has 1 aliphatic carbocycles. The summed E-state index contributed by atoms with van der Waals surface area (Å²) in [6.07, 6.45) is 7.85. The van der Waals surface area contributed by atoms with Gasteiger partial charge in [-0.3, -0.25) is 9.59 Å². The Kier molecular flexibility index (Phi) is 6.58. The van der Waals surface area contributed by atoms with Crippen LogP contribution in [0.15, 0.2) is 18.2 Å². The van der Waals surface area contributed by atoms with Crippen molar-refractivity contribution in [2.45, 2.75) is 57.9 Å². The van der Waals surface area contributed by atoms with E-state index in [1.807, 2.05) is 11.8 Å². The van der Waals surface area contributed by atoms with Crippen molar-refractivity contribution in [1.29, 1.82) is 0 Å². The molecule has 0 spiro atoms. The lowest BCUT2D eigenvalue weighted by atomic mass is 9.94. The Bertz CT molecular complexity index is 667. The predicted octanol–water partition coefficient (Wildman–Crippen LogP) is 3.78. The maximum Gasteiger partial charge on any atom is 0.310 e. The largest absolute Gasteiger partial charge is 0.469 e. The summed E-state index contributed by atoms with van der Waals surface area (Å²) in [6, 6.07) is 5.43. The Morgan fingerprint density at radius 1 is 1.11 bits per heavy atom. The molecule has 0 N–H and O–H groups in total. The quantitative estimate of drug-likeness (QED) is 0.733. The minimum absolute atomic E-state index is 0.0605. The van der Waals surface area contributed by atoms with Crippen LogP contribution >= 0.6 is 0 Å². The molecule has 0 radical (unpaired) electrons. The molecule has 1 aromatic rings. The first-order valence-corrected chi connectivity index (χ1v) is 9.88. The van der Waals surface area contributed by atoms with Gasteiger partial charge in [0.1, 0.15) is 0 Å². The van der Waals surface area contributed by atoms with Crippen LogP contribution in [0.25, 0.3) is 0 Å². The highest BCUT2D eigenvalue weighted by Crippen LogP contribution is 2.33. The lowest BCUT2D eigenvalue weighted by Gasteiger charge is -2.34. The first-order chi connectivity index (χ1) is 13.1. The number of hydrogen-bond donors (Lipinski definition) is 0. The Morgan fingerprint density at radius 3 is 2.48 bits per heavy atom. The van der Waals surface area contributed by atoms with Crippen molar-refractivity contribution in [3.63, 3.8) is 0 Å². The molecule has 1 aromatic carbocycles. The fraction of sp³-hybridized carbons (Fsp3) is 0.619. The van der Waals surface area contributed by atoms with Crippen molar-refractivity contribution in [3.05, 3.63) is 23.8 Å². The van der Waals surface area contributed by atoms with Gasteiger partial charge in [0.25, 0.3) is 5.91 Å². The van der Waals surface area contributed by atoms with E-state index in [4.69, 9.17) is 14.2 Å². The lowest BCUT2D eigenvalue weighted by molar-refractivity contribution is -0.145. The smallest absolute Gasteiger partial charge is 0.310 e. The number of amides is 1. The summed E-state index contributed by atoms with van der Waals surface area (Å²) < 4.78 is 15.6. The fourth-order valence-corrected chi connectivity index (χ4v) is 3.91. The predicted molar refractivity (Wildman–Crippen MR) is 101 cm³/mol. The molecule has 1 fully saturated rings. The van der Waals surface area contributed by atoms with Crippen LogP contribution in [0.5, 0.6) is 11.5 Å². The molecule has 2 aliphatic rings. The number of carbonyl (C=O) groups excluding carboxylic acids is 2. The minimum Gasteiger partial charge on any atom is -0.469 e. The van der Waals surface area contributed by atoms with E-state index in [0.717, 1.165) is 25.7 Å². The molecule has 1 aliphatic heterocycles. The molecule has 1 heterocycles. The van der Waals surface area contributed by atoms with Crippen LogP contribution < -0.4 is 9.47 Å². The Balaban J connectivity index is 1.82. The van der Waals surface area contributed by atoms with Gasteiger partial charge in [0.2, 0.25) is 6.79 Å². The summed E-state index contributed by atoms with van der Waals surface area (Å²) in [6.45, 7) is 2.36. The number of rotatable bonds is 5. The van der Waals surface area contributed by atoms with Gasteiger partial charge in [-0.15, -0.1) is 0 Å². The lowest BCUT2D eigenvalue weighted by Crippen LogP contribution is -2.44. The molecular formula is C21H29NO5. The van der Waals surface area contributed by atoms with E-state index in [9.17, 15) is 9.59 Å². The average Bonchev–Trinajstić information content (AvgIpc) is 3.12. The van der Waals surface area contributed by atoms with Crippen LogP contribution in [0.2, 0.25) is 0 Å². The standard InChI is InChI=1S/C21H29NO5/c1-15(21(24)25-2)13-22(17-8-6-4-3-5-7-9-17)20(23)16-10-11-18-19(12-16)27-14-26-18/h10-12,15,17H,3-9,13-14H2,1-2H3. The van der Waals surface area contributed by atoms with Gasteiger partial charge in [-0.25, -0.2) is 0 Å². The third kappa shape index (κ3) is 4.73. The third-order valence-electron chi connectivity index (χ3n) is 5.47. The average molecular weight is 375 g/mol. The highest BCUT2D eigenvalue weighted by atomic mass is 16.7. The molecule has 0 aromatic heterocycles. The first-order valence-electron chi connectivity index (χ1n) is 9.88. The summed E-state index contributed by atoms with van der Waals surface area (Å²) in [4.78, 5) is 27.2. The molecule has 0 bridgehead atoms. The normalized spacial score (nSPS) is 18.3. The highest BCUT2D eigenvalue weighted by Gasteiger charge is 2.29. The van der Waals surface area contributed by atoms with Gasteiger partial charge in [-0.2, -0.15) is 0 Å². The molecular weight excluding hydrogens is 346 g/mol. The third-order valence-corrected chi connectivity index (χ3v) is 5.47. The maximum absolute atomic E-state index is 13.4. The van der Waals surface area contributed by atoms with Crippen LogP contribution in [-0.2, 0) is 9.53 Å². The zero-order valence-electron chi connectivity index (χ0n) is 16.2. The van der Waals surface area contributed by atoms with Gasteiger partial charge in [-0.05, 0) is 31.0 Å². The Hall–Kier alpha value is -2.24. The van der Waals surface area contributed by atoms with Gasteiger partial charge in [0.05, 0.1) is 13.0 Å². The van der Waals surface area contributed by atoms with Gasteiger partial charge < -0.3 is 19.1 Å². The fourth-order valence-electron chi connectivity index (χ4n) is 3.91. The molecule has 6 heteroatoms. The van der Waals surface area contributed by atoms with E-state index >= 15 is 0 Å². The first kappa shape index (κ1) is 19.5. The van der Waals surface area contributed by atoms with E-state index < -0.39 is 0 Å². The van der Waals surface area contributed by atoms with Crippen molar-refractivity contribution in [2.24, 2.45) is 5.92 Å². The van der Waals surface area contributed by atoms with Gasteiger partial charge >= 0.3 is 5.97 Å². The SMILES string of the molecule is COC(=O)C(C)CN(C(=O)c1ccc2c(c1)OCO2)C1CCCCCCC1. The molecule has 6 nitrogen and oxygen atoms in total. The van der Waals surface area contributed by atoms with Crippen molar-refractivity contribution >= 4 is 11.9 Å². The van der Waals surface area contributed by atoms with Gasteiger partial charge in [0.15, 0.2) is 11.5 Å². The molecule has 1 saturated carbocycles. The number of hydrogen-bond acceptors (Lipinski definition) is 5. The second kappa shape index (κ2) is 9.11. The summed E-state index contributed by atoms with van der Waals surface area (Å²) in [5.74, 6) is 0.545. The van der Waals surface area contributed by atoms with E-state index in [-0.39, 0.29) is 30.6 Å². The molecule has 148 valence electrons. The second-order valence-corrected chi connectivity index (χ2v) is 7.45. The number of benzene rings is 1. The van der Waals surface area contributed by atoms with Crippen molar-refractivity contribution in [3.8, 4) is 11.5 Å². The molecule has 27 heavy (non-hydrogen) atoms. The molecule has 1 amide bonds. The minimum atomic E-state index is -0.363. The highest BCUT2D eigenvalue weighted by molar-refractivity contribution is 5.95. The van der Waals surface area contributed by atoms with Crippen molar-refractivity contribution in [1.82, 2.24) is 4.90 Å². The van der Waals surface area contributed by atoms with Crippen molar-refractivity contribution in [2.75, 3.05) is 20.4 Å². The monoisotopic (exact) mass is 375 g/mol. The Labute approximate surface area is 160 Å². The van der Waals surface area contributed by atoms with E-state index in [1.54, 1.807) is 18.2 Å². The number of ether oxygens (including phenoxy) is 3. The van der Waals surface area contributed by atoms with Gasteiger partial charge in [0, 0.05) is 18.2 Å². The topological polar surface area (TPSA) is 65.1 Å². The van der Waals surface area contributed by atoms with Crippen LogP contribution in [-0.4, -0.2) is 43.3 Å². The number of esters is 1. The number of methoxy groups -OCH3 is 1. The van der Waals surface area contributed by atoms with Crippen molar-refractivity contribution < 1.29 is 23.8 Å². The molecule has 1 unspecified atom stereocenters. The maximum atomic E-state index is 13.4. The Morgan fingerprint density at radius 2 is 1.78 bits per heavy atom. The second-order valence-electron chi connectivity index (χ2n) is 7.45. The summed E-state index contributed by atoms with van der Waals surface area (Å²) >= 11 is 0. The number of carbonyl (C=O) groups is 2. The van der Waals surface area contributed by atoms with E-state index in [2.05, 4.69) is 0 Å². The van der Waals surface area contributed by atoms with Crippen LogP contribution in [0.1, 0.15) is 62.2 Å².